The summed E-state index contributed by atoms with van der Waals surface area (Å²) in [7, 11) is 1.64. The lowest BCUT2D eigenvalue weighted by atomic mass is 10.1. The van der Waals surface area contributed by atoms with E-state index in [-0.39, 0.29) is 18.2 Å². The second kappa shape index (κ2) is 7.20. The van der Waals surface area contributed by atoms with E-state index >= 15 is 0 Å². The Morgan fingerprint density at radius 1 is 1.40 bits per heavy atom. The molecule has 0 aliphatic rings. The van der Waals surface area contributed by atoms with Gasteiger partial charge in [0.25, 0.3) is 5.89 Å². The van der Waals surface area contributed by atoms with E-state index in [0.717, 1.165) is 20.9 Å². The van der Waals surface area contributed by atoms with Gasteiger partial charge < -0.3 is 13.7 Å². The number of thiophene rings is 1. The molecule has 0 saturated carbocycles. The molecule has 25 heavy (non-hydrogen) atoms. The Hall–Kier alpha value is -2.45. The smallest absolute Gasteiger partial charge is 0.387 e. The monoisotopic (exact) mass is 361 g/mol. The van der Waals surface area contributed by atoms with E-state index in [4.69, 9.17) is 9.15 Å². The van der Waals surface area contributed by atoms with E-state index in [0.29, 0.717) is 18.7 Å². The molecule has 7 nitrogen and oxygen atoms in total. The molecular weight excluding hydrogens is 342 g/mol. The summed E-state index contributed by atoms with van der Waals surface area (Å²) in [5.41, 5.74) is 2.42. The van der Waals surface area contributed by atoms with Crippen molar-refractivity contribution in [2.24, 2.45) is 0 Å². The van der Waals surface area contributed by atoms with Crippen LogP contribution in [-0.4, -0.2) is 33.8 Å². The molecule has 3 aromatic rings. The van der Waals surface area contributed by atoms with Gasteiger partial charge in [0.05, 0.1) is 11.5 Å². The lowest BCUT2D eigenvalue weighted by molar-refractivity contribution is 0.0964. The van der Waals surface area contributed by atoms with Crippen LogP contribution in [0.4, 0.5) is 0 Å². The fourth-order valence-electron chi connectivity index (χ4n) is 2.74. The van der Waals surface area contributed by atoms with Crippen LogP contribution >= 0.6 is 11.3 Å². The van der Waals surface area contributed by atoms with Crippen molar-refractivity contribution < 1.29 is 13.9 Å². The van der Waals surface area contributed by atoms with Gasteiger partial charge >= 0.3 is 5.76 Å². The van der Waals surface area contributed by atoms with Gasteiger partial charge in [0.2, 0.25) is 0 Å². The molecule has 0 saturated heterocycles. The molecule has 0 N–H and O–H groups in total. The van der Waals surface area contributed by atoms with E-state index < -0.39 is 5.76 Å². The molecule has 0 atom stereocenters. The summed E-state index contributed by atoms with van der Waals surface area (Å²) in [4.78, 5) is 25.4. The van der Waals surface area contributed by atoms with Crippen molar-refractivity contribution in [1.82, 2.24) is 14.3 Å². The summed E-state index contributed by atoms with van der Waals surface area (Å²) in [5, 5.41) is 6.00. The minimum atomic E-state index is -0.634. The molecule has 0 spiro atoms. The lowest BCUT2D eigenvalue weighted by Crippen LogP contribution is -2.22. The Morgan fingerprint density at radius 2 is 2.20 bits per heavy atom. The summed E-state index contributed by atoms with van der Waals surface area (Å²) in [6.45, 7) is 4.92. The average molecular weight is 361 g/mol. The standard InChI is InChI=1S/C17H19N3O4S/c1-11-9-13(12(2)19(11)6-7-23-3)14(21)10-20-17(22)24-16(18-20)15-5-4-8-25-15/h4-5,8-9H,6-7,10H2,1-3H3. The molecule has 3 heterocycles. The maximum atomic E-state index is 12.6. The molecule has 0 radical (unpaired) electrons. The predicted molar refractivity (Wildman–Crippen MR) is 94.2 cm³/mol. The van der Waals surface area contributed by atoms with Crippen molar-refractivity contribution in [3.8, 4) is 10.8 Å². The van der Waals surface area contributed by atoms with Gasteiger partial charge in [-0.1, -0.05) is 6.07 Å². The van der Waals surface area contributed by atoms with E-state index in [1.165, 1.54) is 11.3 Å². The number of aromatic nitrogens is 3. The van der Waals surface area contributed by atoms with Gasteiger partial charge in [-0.05, 0) is 31.4 Å². The highest BCUT2D eigenvalue weighted by Crippen LogP contribution is 2.21. The third-order valence-corrected chi connectivity index (χ3v) is 4.88. The Bertz CT molecular complexity index is 934. The van der Waals surface area contributed by atoms with Gasteiger partial charge in [-0.2, -0.15) is 4.68 Å². The molecular formula is C17H19N3O4S. The molecule has 0 aromatic carbocycles. The molecule has 0 unspecified atom stereocenters. The second-order valence-corrected chi connectivity index (χ2v) is 6.61. The Labute approximate surface area is 148 Å². The maximum Gasteiger partial charge on any atom is 0.437 e. The second-order valence-electron chi connectivity index (χ2n) is 5.66. The van der Waals surface area contributed by atoms with Crippen LogP contribution < -0.4 is 5.76 Å². The summed E-state index contributed by atoms with van der Waals surface area (Å²) in [6, 6.07) is 5.49. The first-order valence-electron chi connectivity index (χ1n) is 7.82. The van der Waals surface area contributed by atoms with Crippen LogP contribution in [0.15, 0.2) is 32.8 Å². The van der Waals surface area contributed by atoms with Gasteiger partial charge in [0.15, 0.2) is 5.78 Å². The van der Waals surface area contributed by atoms with Crippen LogP contribution in [0.3, 0.4) is 0 Å². The number of nitrogens with zero attached hydrogens (tertiary/aromatic N) is 3. The van der Waals surface area contributed by atoms with Gasteiger partial charge in [0, 0.05) is 30.6 Å². The first-order chi connectivity index (χ1) is 12.0. The Kier molecular flexibility index (Phi) is 5.00. The summed E-state index contributed by atoms with van der Waals surface area (Å²) in [5.74, 6) is -0.576. The van der Waals surface area contributed by atoms with Crippen molar-refractivity contribution in [1.29, 1.82) is 0 Å². The average Bonchev–Trinajstić information content (AvgIpc) is 3.28. The predicted octanol–water partition coefficient (Wildman–Crippen LogP) is 2.51. The van der Waals surface area contributed by atoms with Crippen LogP contribution in [-0.2, 0) is 17.8 Å². The van der Waals surface area contributed by atoms with Crippen LogP contribution in [0.25, 0.3) is 10.8 Å². The number of hydrogen-bond donors (Lipinski definition) is 0. The zero-order valence-electron chi connectivity index (χ0n) is 14.3. The summed E-state index contributed by atoms with van der Waals surface area (Å²) in [6.07, 6.45) is 0. The number of rotatable bonds is 7. The lowest BCUT2D eigenvalue weighted by Gasteiger charge is -2.08. The number of ether oxygens (including phenoxy) is 1. The third-order valence-electron chi connectivity index (χ3n) is 4.02. The molecule has 0 aliphatic carbocycles. The molecule has 0 fully saturated rings. The van der Waals surface area contributed by atoms with Crippen molar-refractivity contribution in [2.75, 3.05) is 13.7 Å². The summed E-state index contributed by atoms with van der Waals surface area (Å²) >= 11 is 1.42. The van der Waals surface area contributed by atoms with Crippen molar-refractivity contribution >= 4 is 17.1 Å². The van der Waals surface area contributed by atoms with Gasteiger partial charge in [0.1, 0.15) is 6.54 Å². The van der Waals surface area contributed by atoms with Crippen LogP contribution in [0.1, 0.15) is 21.7 Å². The number of carbonyl (C=O) groups is 1. The number of ketones is 1. The first kappa shape index (κ1) is 17.4. The number of hydrogen-bond acceptors (Lipinski definition) is 6. The molecule has 0 bridgehead atoms. The van der Waals surface area contributed by atoms with Gasteiger partial charge in [-0.25, -0.2) is 4.79 Å². The number of methoxy groups -OCH3 is 1. The normalized spacial score (nSPS) is 11.2. The molecule has 132 valence electrons. The highest BCUT2D eigenvalue weighted by Gasteiger charge is 2.19. The summed E-state index contributed by atoms with van der Waals surface area (Å²) < 4.78 is 13.3. The van der Waals surface area contributed by atoms with E-state index in [1.807, 2.05) is 42.0 Å². The SMILES string of the molecule is COCCn1c(C)cc(C(=O)Cn2nc(-c3cccs3)oc2=O)c1C. The maximum absolute atomic E-state index is 12.6. The molecule has 0 amide bonds. The minimum Gasteiger partial charge on any atom is -0.387 e. The first-order valence-corrected chi connectivity index (χ1v) is 8.70. The largest absolute Gasteiger partial charge is 0.437 e. The highest BCUT2D eigenvalue weighted by atomic mass is 32.1. The minimum absolute atomic E-state index is 0.151. The Morgan fingerprint density at radius 3 is 2.88 bits per heavy atom. The molecule has 3 rings (SSSR count). The topological polar surface area (TPSA) is 79.3 Å². The number of carbonyl (C=O) groups excluding carboxylic acids is 1. The third kappa shape index (κ3) is 3.49. The fourth-order valence-corrected chi connectivity index (χ4v) is 3.38. The van der Waals surface area contributed by atoms with Crippen molar-refractivity contribution in [2.45, 2.75) is 26.9 Å². The Balaban J connectivity index is 1.82. The van der Waals surface area contributed by atoms with Gasteiger partial charge in [-0.3, -0.25) is 4.79 Å². The van der Waals surface area contributed by atoms with Gasteiger partial charge in [-0.15, -0.1) is 16.4 Å². The van der Waals surface area contributed by atoms with Crippen molar-refractivity contribution in [3.05, 3.63) is 51.1 Å². The quantitative estimate of drug-likeness (QED) is 0.604. The van der Waals surface area contributed by atoms with E-state index in [9.17, 15) is 9.59 Å². The number of Topliss-reactive ketones (excluding diaryl/α,β-unsaturated/α-hetero) is 1. The molecule has 3 aromatic heterocycles. The number of aryl methyl sites for hydroxylation is 1. The molecule has 0 aliphatic heterocycles. The van der Waals surface area contributed by atoms with Crippen LogP contribution in [0, 0.1) is 13.8 Å². The highest BCUT2D eigenvalue weighted by molar-refractivity contribution is 7.13. The van der Waals surface area contributed by atoms with Crippen molar-refractivity contribution in [3.63, 3.8) is 0 Å². The van der Waals surface area contributed by atoms with E-state index in [1.54, 1.807) is 7.11 Å². The fraction of sp³-hybridized carbons (Fsp3) is 0.353. The zero-order valence-corrected chi connectivity index (χ0v) is 15.1. The van der Waals surface area contributed by atoms with E-state index in [2.05, 4.69) is 5.10 Å². The van der Waals surface area contributed by atoms with Crippen LogP contribution in [0.2, 0.25) is 0 Å². The molecule has 8 heteroatoms. The van der Waals surface area contributed by atoms with Crippen LogP contribution in [0.5, 0.6) is 0 Å². The zero-order chi connectivity index (χ0) is 18.0.